The molecule has 1 spiro atoms. The largest absolute Gasteiger partial charge is 0.416 e. The van der Waals surface area contributed by atoms with Gasteiger partial charge in [-0.25, -0.2) is 0 Å². The van der Waals surface area contributed by atoms with E-state index in [9.17, 15) is 4.79 Å². The molecule has 0 bridgehead atoms. The lowest BCUT2D eigenvalue weighted by atomic mass is 9.84. The maximum atomic E-state index is 12.6. The topological polar surface area (TPSA) is 65.7 Å². The van der Waals surface area contributed by atoms with Crippen LogP contribution in [0.5, 0.6) is 0 Å². The number of piperidine rings is 1. The number of carbonyl (C=O) groups excluding carboxylic acids is 1. The Morgan fingerprint density at radius 2 is 1.96 bits per heavy atom. The van der Waals surface area contributed by atoms with E-state index in [-0.39, 0.29) is 11.4 Å². The molecule has 0 atom stereocenters. The van der Waals surface area contributed by atoms with E-state index in [2.05, 4.69) is 34.1 Å². The fraction of sp³-hybridized carbons (Fsp3) is 0.812. The van der Waals surface area contributed by atoms with Gasteiger partial charge in [-0.1, -0.05) is 18.7 Å². The van der Waals surface area contributed by atoms with E-state index in [1.165, 1.54) is 11.8 Å². The number of hydrogen-bond acceptors (Lipinski definition) is 7. The van der Waals surface area contributed by atoms with Crippen LogP contribution in [-0.4, -0.2) is 88.9 Å². The average Bonchev–Trinajstić information content (AvgIpc) is 3.06. The number of aromatic nitrogens is 2. The van der Waals surface area contributed by atoms with Gasteiger partial charge in [0.2, 0.25) is 11.8 Å². The first-order valence-electron chi connectivity index (χ1n) is 8.65. The van der Waals surface area contributed by atoms with Crippen LogP contribution in [0.15, 0.2) is 9.64 Å². The van der Waals surface area contributed by atoms with Gasteiger partial charge in [0.15, 0.2) is 0 Å². The summed E-state index contributed by atoms with van der Waals surface area (Å²) in [6, 6.07) is 0. The van der Waals surface area contributed by atoms with Crippen molar-refractivity contribution in [2.24, 2.45) is 0 Å². The van der Waals surface area contributed by atoms with Crippen LogP contribution in [0.3, 0.4) is 0 Å². The molecule has 0 radical (unpaired) electrons. The van der Waals surface area contributed by atoms with Gasteiger partial charge >= 0.3 is 0 Å². The number of carbonyl (C=O) groups is 1. The minimum atomic E-state index is 0.144. The number of aryl methyl sites for hydroxylation is 1. The van der Waals surface area contributed by atoms with E-state index in [1.807, 2.05) is 11.8 Å². The lowest BCUT2D eigenvalue weighted by Crippen LogP contribution is -2.65. The number of thioether (sulfide) groups is 1. The van der Waals surface area contributed by atoms with E-state index in [0.29, 0.717) is 16.9 Å². The van der Waals surface area contributed by atoms with E-state index >= 15 is 0 Å². The van der Waals surface area contributed by atoms with Crippen LogP contribution in [0.2, 0.25) is 0 Å². The molecule has 2 saturated heterocycles. The van der Waals surface area contributed by atoms with E-state index in [1.54, 1.807) is 0 Å². The third kappa shape index (κ3) is 3.75. The monoisotopic (exact) mass is 353 g/mol. The second-order valence-electron chi connectivity index (χ2n) is 6.87. The van der Waals surface area contributed by atoms with Gasteiger partial charge < -0.3 is 14.2 Å². The molecule has 0 N–H and O–H groups in total. The molecule has 0 aliphatic carbocycles. The van der Waals surface area contributed by atoms with Gasteiger partial charge in [0.25, 0.3) is 5.22 Å². The van der Waals surface area contributed by atoms with Crippen molar-refractivity contribution in [1.82, 2.24) is 24.9 Å². The van der Waals surface area contributed by atoms with Crippen LogP contribution in [0.4, 0.5) is 0 Å². The predicted molar refractivity (Wildman–Crippen MR) is 93.1 cm³/mol. The minimum Gasteiger partial charge on any atom is -0.416 e. The molecule has 2 fully saturated rings. The summed E-state index contributed by atoms with van der Waals surface area (Å²) in [5, 5.41) is 8.40. The standard InChI is InChI=1S/C16H27N5O2S/c1-4-13-17-18-15(23-13)24-11-14(22)21-10-9-20(3)16(12-21)5-7-19(2)8-6-16/h4-12H2,1-3H3. The molecule has 7 nitrogen and oxygen atoms in total. The number of hydrogen-bond donors (Lipinski definition) is 0. The Morgan fingerprint density at radius 3 is 2.62 bits per heavy atom. The number of likely N-dealkylation sites (tertiary alicyclic amines) is 1. The van der Waals surface area contributed by atoms with Crippen molar-refractivity contribution in [3.63, 3.8) is 0 Å². The molecule has 0 saturated carbocycles. The van der Waals surface area contributed by atoms with Gasteiger partial charge in [-0.15, -0.1) is 10.2 Å². The van der Waals surface area contributed by atoms with E-state index < -0.39 is 0 Å². The minimum absolute atomic E-state index is 0.144. The third-order valence-corrected chi connectivity index (χ3v) is 6.14. The van der Waals surface area contributed by atoms with Crippen molar-refractivity contribution in [1.29, 1.82) is 0 Å². The Labute approximate surface area is 147 Å². The van der Waals surface area contributed by atoms with E-state index in [4.69, 9.17) is 4.42 Å². The first-order valence-corrected chi connectivity index (χ1v) is 9.64. The molecule has 3 rings (SSSR count). The smallest absolute Gasteiger partial charge is 0.277 e. The molecule has 24 heavy (non-hydrogen) atoms. The van der Waals surface area contributed by atoms with Crippen molar-refractivity contribution >= 4 is 17.7 Å². The summed E-state index contributed by atoms with van der Waals surface area (Å²) in [7, 11) is 4.37. The Balaban J connectivity index is 1.56. The molecule has 1 aromatic heterocycles. The summed E-state index contributed by atoms with van der Waals surface area (Å²) in [6.45, 7) is 6.75. The maximum absolute atomic E-state index is 12.6. The summed E-state index contributed by atoms with van der Waals surface area (Å²) < 4.78 is 5.47. The summed E-state index contributed by atoms with van der Waals surface area (Å²) in [5.41, 5.74) is 0.144. The zero-order valence-electron chi connectivity index (χ0n) is 14.8. The van der Waals surface area contributed by atoms with Crippen molar-refractivity contribution in [2.45, 2.75) is 36.9 Å². The second kappa shape index (κ2) is 7.41. The third-order valence-electron chi connectivity index (χ3n) is 5.34. The summed E-state index contributed by atoms with van der Waals surface area (Å²) in [6.07, 6.45) is 2.97. The number of rotatable bonds is 4. The summed E-state index contributed by atoms with van der Waals surface area (Å²) in [4.78, 5) is 19.5. The maximum Gasteiger partial charge on any atom is 0.277 e. The van der Waals surface area contributed by atoms with Gasteiger partial charge in [-0.05, 0) is 40.0 Å². The summed E-state index contributed by atoms with van der Waals surface area (Å²) in [5.74, 6) is 1.16. The van der Waals surface area contributed by atoms with Gasteiger partial charge in [-0.2, -0.15) is 0 Å². The van der Waals surface area contributed by atoms with Crippen molar-refractivity contribution < 1.29 is 9.21 Å². The van der Waals surface area contributed by atoms with Crippen LogP contribution in [-0.2, 0) is 11.2 Å². The zero-order valence-corrected chi connectivity index (χ0v) is 15.6. The molecule has 8 heteroatoms. The predicted octanol–water partition coefficient (Wildman–Crippen LogP) is 0.963. The van der Waals surface area contributed by atoms with Crippen molar-refractivity contribution in [3.8, 4) is 0 Å². The second-order valence-corrected chi connectivity index (χ2v) is 7.79. The number of amides is 1. The fourth-order valence-electron chi connectivity index (χ4n) is 3.50. The van der Waals surface area contributed by atoms with Crippen LogP contribution < -0.4 is 0 Å². The van der Waals surface area contributed by atoms with Crippen LogP contribution in [0.1, 0.15) is 25.7 Å². The average molecular weight is 353 g/mol. The Morgan fingerprint density at radius 1 is 1.21 bits per heavy atom. The first kappa shape index (κ1) is 17.7. The van der Waals surface area contributed by atoms with Gasteiger partial charge in [0, 0.05) is 31.6 Å². The van der Waals surface area contributed by atoms with Crippen molar-refractivity contribution in [2.75, 3.05) is 52.6 Å². The molecular formula is C16H27N5O2S. The molecule has 1 amide bonds. The molecule has 2 aliphatic rings. The van der Waals surface area contributed by atoms with Gasteiger partial charge in [0.1, 0.15) is 0 Å². The molecular weight excluding hydrogens is 326 g/mol. The van der Waals surface area contributed by atoms with Crippen LogP contribution >= 0.6 is 11.8 Å². The normalized spacial score (nSPS) is 22.2. The Kier molecular flexibility index (Phi) is 5.46. The highest BCUT2D eigenvalue weighted by atomic mass is 32.2. The van der Waals surface area contributed by atoms with Gasteiger partial charge in [-0.3, -0.25) is 9.69 Å². The highest BCUT2D eigenvalue weighted by Gasteiger charge is 2.42. The van der Waals surface area contributed by atoms with Crippen molar-refractivity contribution in [3.05, 3.63) is 5.89 Å². The fourth-order valence-corrected chi connectivity index (χ4v) is 4.19. The first-order chi connectivity index (χ1) is 11.5. The number of likely N-dealkylation sites (N-methyl/N-ethyl adjacent to an activating group) is 1. The molecule has 1 aromatic rings. The lowest BCUT2D eigenvalue weighted by molar-refractivity contribution is -0.135. The molecule has 0 unspecified atom stereocenters. The zero-order chi connectivity index (χ0) is 17.2. The molecule has 2 aliphatic heterocycles. The highest BCUT2D eigenvalue weighted by molar-refractivity contribution is 7.99. The Bertz CT molecular complexity index is 571. The van der Waals surface area contributed by atoms with Gasteiger partial charge in [0.05, 0.1) is 5.75 Å². The van der Waals surface area contributed by atoms with E-state index in [0.717, 1.165) is 52.0 Å². The van der Waals surface area contributed by atoms with Crippen LogP contribution in [0.25, 0.3) is 0 Å². The molecule has 0 aromatic carbocycles. The summed E-state index contributed by atoms with van der Waals surface area (Å²) >= 11 is 1.34. The highest BCUT2D eigenvalue weighted by Crippen LogP contribution is 2.31. The number of piperazine rings is 1. The number of nitrogens with zero attached hydrogens (tertiary/aromatic N) is 5. The molecule has 3 heterocycles. The molecule has 134 valence electrons. The lowest BCUT2D eigenvalue weighted by Gasteiger charge is -2.52. The quantitative estimate of drug-likeness (QED) is 0.747. The SMILES string of the molecule is CCc1nnc(SCC(=O)N2CCN(C)C3(CCN(C)CC3)C2)o1. The van der Waals surface area contributed by atoms with Crippen LogP contribution in [0, 0.1) is 0 Å². The Hall–Kier alpha value is -1.12.